The van der Waals surface area contributed by atoms with Crippen LogP contribution in [-0.2, 0) is 4.52 Å². The van der Waals surface area contributed by atoms with Crippen molar-refractivity contribution in [3.63, 3.8) is 0 Å². The SMILES string of the molecule is CCOPCCBr. The molecule has 0 aromatic carbocycles. The summed E-state index contributed by atoms with van der Waals surface area (Å²) >= 11 is 3.31. The molecule has 1 unspecified atom stereocenters. The lowest BCUT2D eigenvalue weighted by molar-refractivity contribution is 0.390. The van der Waals surface area contributed by atoms with E-state index in [9.17, 15) is 0 Å². The minimum Gasteiger partial charge on any atom is -0.363 e. The minimum atomic E-state index is 0.685. The summed E-state index contributed by atoms with van der Waals surface area (Å²) in [7, 11) is 0.685. The molecule has 0 amide bonds. The third-order valence-corrected chi connectivity index (χ3v) is 2.52. The molecule has 0 heterocycles. The quantitative estimate of drug-likeness (QED) is 0.369. The first-order valence-corrected chi connectivity index (χ1v) is 4.56. The largest absolute Gasteiger partial charge is 0.363 e. The van der Waals surface area contributed by atoms with Crippen molar-refractivity contribution in [2.45, 2.75) is 6.92 Å². The van der Waals surface area contributed by atoms with Gasteiger partial charge in [-0.3, -0.25) is 0 Å². The van der Waals surface area contributed by atoms with Crippen LogP contribution in [0.3, 0.4) is 0 Å². The third-order valence-electron chi connectivity index (χ3n) is 0.443. The van der Waals surface area contributed by atoms with Crippen LogP contribution in [0.25, 0.3) is 0 Å². The van der Waals surface area contributed by atoms with Gasteiger partial charge in [0, 0.05) is 20.7 Å². The fourth-order valence-corrected chi connectivity index (χ4v) is 1.12. The Labute approximate surface area is 54.8 Å². The van der Waals surface area contributed by atoms with E-state index in [1.165, 1.54) is 0 Å². The minimum absolute atomic E-state index is 0.685. The summed E-state index contributed by atoms with van der Waals surface area (Å²) in [6.45, 7) is 2.87. The van der Waals surface area contributed by atoms with Crippen molar-refractivity contribution in [2.24, 2.45) is 0 Å². The first-order chi connectivity index (χ1) is 3.41. The molecule has 0 aromatic rings. The maximum Gasteiger partial charge on any atom is 0.0477 e. The molecule has 0 bridgehead atoms. The standard InChI is InChI=1S/C4H10BrOP/c1-2-6-7-4-3-5/h7H,2-4H2,1H3. The normalized spacial score (nSPS) is 11.1. The third kappa shape index (κ3) is 6.87. The summed E-state index contributed by atoms with van der Waals surface area (Å²) in [6.07, 6.45) is 1.15. The van der Waals surface area contributed by atoms with E-state index in [0.717, 1.165) is 18.1 Å². The average molecular weight is 185 g/mol. The molecule has 0 aliphatic rings. The number of hydrogen-bond acceptors (Lipinski definition) is 1. The highest BCUT2D eigenvalue weighted by atomic mass is 79.9. The van der Waals surface area contributed by atoms with Gasteiger partial charge in [-0.15, -0.1) is 0 Å². The van der Waals surface area contributed by atoms with Gasteiger partial charge in [0.05, 0.1) is 0 Å². The van der Waals surface area contributed by atoms with Gasteiger partial charge in [0.2, 0.25) is 0 Å². The van der Waals surface area contributed by atoms with Gasteiger partial charge in [-0.2, -0.15) is 0 Å². The van der Waals surface area contributed by atoms with E-state index in [0.29, 0.717) is 8.81 Å². The van der Waals surface area contributed by atoms with Crippen LogP contribution in [0.1, 0.15) is 6.92 Å². The molecular weight excluding hydrogens is 175 g/mol. The predicted octanol–water partition coefficient (Wildman–Crippen LogP) is 2.01. The second-order valence-corrected chi connectivity index (χ2v) is 2.89. The molecule has 0 rings (SSSR count). The number of alkyl halides is 1. The highest BCUT2D eigenvalue weighted by Gasteiger charge is 1.79. The Morgan fingerprint density at radius 3 is 2.86 bits per heavy atom. The van der Waals surface area contributed by atoms with Gasteiger partial charge in [0.1, 0.15) is 0 Å². The van der Waals surface area contributed by atoms with Crippen molar-refractivity contribution >= 4 is 24.7 Å². The lowest BCUT2D eigenvalue weighted by Crippen LogP contribution is -1.78. The average Bonchev–Trinajstić information content (AvgIpc) is 1.69. The molecule has 3 heteroatoms. The van der Waals surface area contributed by atoms with Crippen molar-refractivity contribution < 1.29 is 4.52 Å². The molecule has 7 heavy (non-hydrogen) atoms. The molecule has 0 N–H and O–H groups in total. The van der Waals surface area contributed by atoms with E-state index in [4.69, 9.17) is 4.52 Å². The summed E-state index contributed by atoms with van der Waals surface area (Å²) in [5.74, 6) is 0. The lowest BCUT2D eigenvalue weighted by Gasteiger charge is -1.93. The van der Waals surface area contributed by atoms with E-state index in [1.807, 2.05) is 6.92 Å². The Bertz CT molecular complexity index is 30.9. The highest BCUT2D eigenvalue weighted by Crippen LogP contribution is 2.10. The monoisotopic (exact) mass is 184 g/mol. The van der Waals surface area contributed by atoms with Crippen molar-refractivity contribution in [1.82, 2.24) is 0 Å². The second-order valence-electron chi connectivity index (χ2n) is 1.02. The molecule has 0 aromatic heterocycles. The number of hydrogen-bond donors (Lipinski definition) is 0. The summed E-state index contributed by atoms with van der Waals surface area (Å²) in [5, 5.41) is 1.06. The Morgan fingerprint density at radius 2 is 2.43 bits per heavy atom. The molecule has 0 saturated carbocycles. The Balaban J connectivity index is 2.45. The first kappa shape index (κ1) is 7.87. The maximum absolute atomic E-state index is 5.07. The van der Waals surface area contributed by atoms with Gasteiger partial charge < -0.3 is 4.52 Å². The van der Waals surface area contributed by atoms with Crippen molar-refractivity contribution in [3.8, 4) is 0 Å². The second kappa shape index (κ2) is 6.87. The zero-order chi connectivity index (χ0) is 5.54. The molecule has 1 atom stereocenters. The molecule has 0 spiro atoms. The highest BCUT2D eigenvalue weighted by molar-refractivity contribution is 9.09. The van der Waals surface area contributed by atoms with Crippen molar-refractivity contribution in [3.05, 3.63) is 0 Å². The molecule has 0 saturated heterocycles. The summed E-state index contributed by atoms with van der Waals surface area (Å²) in [4.78, 5) is 0. The van der Waals surface area contributed by atoms with Gasteiger partial charge in [-0.25, -0.2) is 0 Å². The molecule has 0 aliphatic carbocycles. The van der Waals surface area contributed by atoms with Gasteiger partial charge in [-0.05, 0) is 13.1 Å². The van der Waals surface area contributed by atoms with Gasteiger partial charge in [0.15, 0.2) is 0 Å². The molecule has 0 radical (unpaired) electrons. The van der Waals surface area contributed by atoms with Crippen molar-refractivity contribution in [1.29, 1.82) is 0 Å². The van der Waals surface area contributed by atoms with E-state index in [2.05, 4.69) is 15.9 Å². The maximum atomic E-state index is 5.07. The van der Waals surface area contributed by atoms with E-state index in [1.54, 1.807) is 0 Å². The van der Waals surface area contributed by atoms with Crippen LogP contribution in [-0.4, -0.2) is 18.1 Å². The number of halogens is 1. The zero-order valence-corrected chi connectivity index (χ0v) is 6.99. The topological polar surface area (TPSA) is 9.23 Å². The van der Waals surface area contributed by atoms with Crippen LogP contribution in [0.15, 0.2) is 0 Å². The Morgan fingerprint density at radius 1 is 1.71 bits per heavy atom. The smallest absolute Gasteiger partial charge is 0.0477 e. The number of rotatable bonds is 4. The fourth-order valence-electron chi connectivity index (χ4n) is 0.213. The van der Waals surface area contributed by atoms with Crippen LogP contribution in [0, 0.1) is 0 Å². The molecule has 0 fully saturated rings. The van der Waals surface area contributed by atoms with Crippen molar-refractivity contribution in [2.75, 3.05) is 18.1 Å². The molecule has 44 valence electrons. The molecule has 0 aliphatic heterocycles. The lowest BCUT2D eigenvalue weighted by atomic mass is 10.9. The Kier molecular flexibility index (Phi) is 7.72. The first-order valence-electron chi connectivity index (χ1n) is 2.32. The molecular formula is C4H10BrOP. The van der Waals surface area contributed by atoms with E-state index >= 15 is 0 Å². The zero-order valence-electron chi connectivity index (χ0n) is 4.41. The summed E-state index contributed by atoms with van der Waals surface area (Å²) < 4.78 is 5.07. The summed E-state index contributed by atoms with van der Waals surface area (Å²) in [5.41, 5.74) is 0. The van der Waals surface area contributed by atoms with Crippen LogP contribution in [0.2, 0.25) is 0 Å². The van der Waals surface area contributed by atoms with Crippen LogP contribution in [0.4, 0.5) is 0 Å². The van der Waals surface area contributed by atoms with Gasteiger partial charge in [0.25, 0.3) is 0 Å². The van der Waals surface area contributed by atoms with Crippen LogP contribution >= 0.6 is 24.7 Å². The Hall–Kier alpha value is 0.870. The van der Waals surface area contributed by atoms with E-state index < -0.39 is 0 Å². The van der Waals surface area contributed by atoms with Gasteiger partial charge >= 0.3 is 0 Å². The molecule has 1 nitrogen and oxygen atoms in total. The van der Waals surface area contributed by atoms with Gasteiger partial charge in [-0.1, -0.05) is 15.9 Å². The van der Waals surface area contributed by atoms with Crippen LogP contribution < -0.4 is 0 Å². The summed E-state index contributed by atoms with van der Waals surface area (Å²) in [6, 6.07) is 0. The predicted molar refractivity (Wildman–Crippen MR) is 38.6 cm³/mol. The van der Waals surface area contributed by atoms with E-state index in [-0.39, 0.29) is 0 Å². The van der Waals surface area contributed by atoms with Crippen LogP contribution in [0.5, 0.6) is 0 Å². The fraction of sp³-hybridized carbons (Fsp3) is 1.00.